The van der Waals surface area contributed by atoms with Gasteiger partial charge in [0.2, 0.25) is 0 Å². The van der Waals surface area contributed by atoms with Crippen molar-refractivity contribution >= 4 is 0 Å². The fourth-order valence-corrected chi connectivity index (χ4v) is 0. The van der Waals surface area contributed by atoms with Crippen molar-refractivity contribution in [2.45, 2.75) is 0 Å². The molecule has 0 radical (unpaired) electrons. The van der Waals surface area contributed by atoms with Gasteiger partial charge in [-0.3, -0.25) is 0 Å². The van der Waals surface area contributed by atoms with E-state index in [1.165, 1.54) is 0 Å². The van der Waals surface area contributed by atoms with Crippen LogP contribution < -0.4 is 60.2 Å². The third-order valence-corrected chi connectivity index (χ3v) is 0. The molecule has 0 fully saturated rings. The third-order valence-electron chi connectivity index (χ3n) is 0. The Labute approximate surface area is 265 Å². The molecule has 0 aromatic heterocycles. The molecule has 0 aliphatic heterocycles. The van der Waals surface area contributed by atoms with Crippen molar-refractivity contribution < 1.29 is 270 Å². The minimum atomic E-state index is -6.02. The first-order valence-corrected chi connectivity index (χ1v) is 31.6. The standard InChI is InChI=1S/9Mo.32O/q;;;;;;;;;;;;;;;;;;;;;;;;;16*-1. The van der Waals surface area contributed by atoms with Crippen LogP contribution in [0.2, 0.25) is 0 Å². The van der Waals surface area contributed by atoms with Gasteiger partial charge in [0, 0.05) is 21.1 Å². The van der Waals surface area contributed by atoms with Crippen molar-refractivity contribution in [3.63, 3.8) is 0 Å². The summed E-state index contributed by atoms with van der Waals surface area (Å²) in [7, 11) is 0. The van der Waals surface area contributed by atoms with Gasteiger partial charge in [-0.2, -0.15) is 0 Å². The van der Waals surface area contributed by atoms with E-state index < -0.39 is 134 Å². The number of hydrogen-bond acceptors (Lipinski definition) is 32. The number of hydrogen-bond donors (Lipinski definition) is 0. The molecular formula is Mo9O32-16. The summed E-state index contributed by atoms with van der Waals surface area (Å²) in [5, 5.41) is 0. The van der Waals surface area contributed by atoms with Crippen molar-refractivity contribution in [3.05, 3.63) is 0 Å². The molecule has 0 amide bonds. The summed E-state index contributed by atoms with van der Waals surface area (Å²) in [6.45, 7) is 0. The second-order valence-electron chi connectivity index (χ2n) is 3.27. The van der Waals surface area contributed by atoms with Crippen molar-refractivity contribution in [2.24, 2.45) is 0 Å². The van der Waals surface area contributed by atoms with Crippen LogP contribution in [-0.2, 0) is 209 Å². The molecule has 0 bridgehead atoms. The Morgan fingerprint density at radius 2 is 0.171 bits per heavy atom. The minimum absolute atomic E-state index is 0. The van der Waals surface area contributed by atoms with Crippen molar-refractivity contribution in [1.29, 1.82) is 0 Å². The second-order valence-corrected chi connectivity index (χ2v) is 19.3. The number of rotatable bonds is 0. The fourth-order valence-electron chi connectivity index (χ4n) is 0. The summed E-state index contributed by atoms with van der Waals surface area (Å²) >= 11 is -48.2. The quantitative estimate of drug-likeness (QED) is 0.203. The molecule has 262 valence electrons. The Kier molecular flexibility index (Phi) is 45.9. The van der Waals surface area contributed by atoms with E-state index in [1.807, 2.05) is 0 Å². The summed E-state index contributed by atoms with van der Waals surface area (Å²) in [6, 6.07) is 0. The molecule has 0 N–H and O–H groups in total. The van der Waals surface area contributed by atoms with E-state index in [1.54, 1.807) is 0 Å². The van der Waals surface area contributed by atoms with Crippen molar-refractivity contribution in [1.82, 2.24) is 0 Å². The fraction of sp³-hybridized carbons (Fsp3) is 0. The maximum absolute atomic E-state index is 8.63. The topological polar surface area (TPSA) is 642 Å². The second kappa shape index (κ2) is 28.6. The molecule has 32 nitrogen and oxygen atoms in total. The summed E-state index contributed by atoms with van der Waals surface area (Å²) < 4.78 is 276. The van der Waals surface area contributed by atoms with Gasteiger partial charge >= 0.3 is 248 Å². The van der Waals surface area contributed by atoms with Crippen LogP contribution in [0.1, 0.15) is 0 Å². The van der Waals surface area contributed by atoms with Gasteiger partial charge in [0.15, 0.2) is 0 Å². The molecule has 0 saturated carbocycles. The van der Waals surface area contributed by atoms with Crippen LogP contribution in [0.3, 0.4) is 0 Å². The SMILES string of the molecule is [Mo].[O]=[Mo](=[O])([O-])[O-].[O]=[Mo](=[O])([O-])[O-].[O]=[Mo](=[O])([O-])[O-].[O]=[Mo](=[O])([O-])[O-].[O]=[Mo](=[O])([O-])[O-].[O]=[Mo](=[O])([O-])[O-].[O]=[Mo](=[O])([O-])[O-].[O]=[Mo](=[O])([O-])[O-]. The van der Waals surface area contributed by atoms with Gasteiger partial charge in [0.25, 0.3) is 0 Å². The van der Waals surface area contributed by atoms with Crippen LogP contribution in [0, 0.1) is 0 Å². The molecular weight excluding hydrogens is 1380 g/mol. The molecule has 0 saturated heterocycles. The molecule has 0 atom stereocenters. The Morgan fingerprint density at radius 1 is 0.171 bits per heavy atom. The molecule has 0 aliphatic carbocycles. The Hall–Kier alpha value is 2.35. The predicted octanol–water partition coefficient (Wildman–Crippen LogP) is -20.9. The van der Waals surface area contributed by atoms with Crippen molar-refractivity contribution in [2.75, 3.05) is 0 Å². The first kappa shape index (κ1) is 65.9. The third kappa shape index (κ3) is 12400. The summed E-state index contributed by atoms with van der Waals surface area (Å²) in [5.41, 5.74) is 0. The van der Waals surface area contributed by atoms with Gasteiger partial charge < -0.3 is 0 Å². The van der Waals surface area contributed by atoms with Gasteiger partial charge in [-0.15, -0.1) is 0 Å². The Bertz CT molecular complexity index is 1060. The molecule has 0 unspecified atom stereocenters. The van der Waals surface area contributed by atoms with Gasteiger partial charge in [0.05, 0.1) is 0 Å². The molecule has 0 spiro atoms. The average Bonchev–Trinajstić information content (AvgIpc) is 2.16. The van der Waals surface area contributed by atoms with Gasteiger partial charge in [0.1, 0.15) is 0 Å². The maximum atomic E-state index is 8.63. The first-order valence-electron chi connectivity index (χ1n) is 5.33. The normalized spacial score (nSPS) is 11.3. The molecule has 0 aliphatic rings. The van der Waals surface area contributed by atoms with Crippen LogP contribution in [0.5, 0.6) is 0 Å². The average molecular weight is 1380 g/mol. The summed E-state index contributed by atoms with van der Waals surface area (Å²) in [6.07, 6.45) is 0. The van der Waals surface area contributed by atoms with Crippen LogP contribution in [-0.4, -0.2) is 0 Å². The van der Waals surface area contributed by atoms with Gasteiger partial charge in [-0.25, -0.2) is 0 Å². The van der Waals surface area contributed by atoms with E-state index >= 15 is 0 Å². The van der Waals surface area contributed by atoms with E-state index in [4.69, 9.17) is 115 Å². The molecule has 0 heterocycles. The first-order chi connectivity index (χ1) is 16.0. The van der Waals surface area contributed by atoms with Crippen molar-refractivity contribution in [3.8, 4) is 0 Å². The molecule has 41 heteroatoms. The van der Waals surface area contributed by atoms with E-state index in [0.717, 1.165) is 0 Å². The van der Waals surface area contributed by atoms with Crippen LogP contribution in [0.4, 0.5) is 0 Å². The Balaban J connectivity index is -0.0000000406. The summed E-state index contributed by atoms with van der Waals surface area (Å²) in [5.74, 6) is 0. The molecule has 41 heavy (non-hydrogen) atoms. The molecule has 0 aromatic carbocycles. The van der Waals surface area contributed by atoms with Gasteiger partial charge in [-0.1, -0.05) is 0 Å². The Morgan fingerprint density at radius 3 is 0.171 bits per heavy atom. The van der Waals surface area contributed by atoms with Gasteiger partial charge in [-0.05, 0) is 0 Å². The summed E-state index contributed by atoms with van der Waals surface area (Å²) in [4.78, 5) is 0. The predicted molar refractivity (Wildman–Crippen MR) is 11.0 cm³/mol. The van der Waals surface area contributed by atoms with E-state index in [0.29, 0.717) is 0 Å². The zero-order valence-corrected chi connectivity index (χ0v) is 34.8. The monoisotopic (exact) mass is 1390 g/mol. The van der Waals surface area contributed by atoms with E-state index in [-0.39, 0.29) is 21.1 Å². The zero-order valence-electron chi connectivity index (χ0n) is 16.7. The molecule has 0 aromatic rings. The van der Waals surface area contributed by atoms with E-state index in [2.05, 4.69) is 0 Å². The zero-order chi connectivity index (χ0) is 36.0. The van der Waals surface area contributed by atoms with Crippen LogP contribution in [0.15, 0.2) is 0 Å². The van der Waals surface area contributed by atoms with Crippen LogP contribution >= 0.6 is 0 Å². The molecule has 0 rings (SSSR count). The van der Waals surface area contributed by atoms with Crippen LogP contribution in [0.25, 0.3) is 0 Å². The van der Waals surface area contributed by atoms with E-state index in [9.17, 15) is 0 Å².